The second kappa shape index (κ2) is 8.26. The molecule has 0 amide bonds. The van der Waals surface area contributed by atoms with E-state index in [1.807, 2.05) is 39.0 Å². The Morgan fingerprint density at radius 2 is 2.11 bits per heavy atom. The molecule has 2 aromatic rings. The Labute approximate surface area is 165 Å². The van der Waals surface area contributed by atoms with Crippen LogP contribution in [0.15, 0.2) is 29.7 Å². The summed E-state index contributed by atoms with van der Waals surface area (Å²) in [5.74, 6) is 1.43. The van der Waals surface area contributed by atoms with Crippen LogP contribution in [0.2, 0.25) is 0 Å². The monoisotopic (exact) mass is 382 g/mol. The Balaban J connectivity index is 2.14. The van der Waals surface area contributed by atoms with Crippen molar-refractivity contribution in [3.63, 3.8) is 0 Å². The van der Waals surface area contributed by atoms with Crippen LogP contribution >= 0.6 is 0 Å². The molecule has 148 valence electrons. The molecule has 28 heavy (non-hydrogen) atoms. The summed E-state index contributed by atoms with van der Waals surface area (Å²) in [5, 5.41) is 17.1. The van der Waals surface area contributed by atoms with Crippen LogP contribution in [0.25, 0.3) is 0 Å². The molecular weight excluding hydrogens is 356 g/mol. The Hall–Kier alpha value is -3.14. The highest BCUT2D eigenvalue weighted by atomic mass is 16.5. The maximum atomic E-state index is 9.77. The molecule has 0 unspecified atom stereocenters. The largest absolute Gasteiger partial charge is 0.490 e. The summed E-state index contributed by atoms with van der Waals surface area (Å²) < 4.78 is 17.3. The Bertz CT molecular complexity index is 924. The second-order valence-corrected chi connectivity index (χ2v) is 6.90. The maximum absolute atomic E-state index is 9.77. The number of nitrogens with zero attached hydrogens (tertiary/aromatic N) is 2. The molecule has 1 aliphatic rings. The van der Waals surface area contributed by atoms with Crippen LogP contribution < -0.4 is 19.9 Å². The number of aromatic nitrogens is 2. The smallest absolute Gasteiger partial charge is 0.244 e. The number of nitriles is 1. The van der Waals surface area contributed by atoms with Gasteiger partial charge in [-0.3, -0.25) is 5.10 Å². The van der Waals surface area contributed by atoms with Crippen molar-refractivity contribution in [3.8, 4) is 23.4 Å². The molecule has 3 N–H and O–H groups in total. The van der Waals surface area contributed by atoms with Gasteiger partial charge in [0.15, 0.2) is 11.5 Å². The third-order valence-electron chi connectivity index (χ3n) is 4.48. The molecule has 0 aliphatic carbocycles. The topological polar surface area (TPSA) is 106 Å². The van der Waals surface area contributed by atoms with Gasteiger partial charge in [0.25, 0.3) is 0 Å². The van der Waals surface area contributed by atoms with Crippen molar-refractivity contribution in [2.75, 3.05) is 6.61 Å². The van der Waals surface area contributed by atoms with E-state index in [1.165, 1.54) is 0 Å². The highest BCUT2D eigenvalue weighted by Gasteiger charge is 2.35. The summed E-state index contributed by atoms with van der Waals surface area (Å²) in [4.78, 5) is 0. The minimum Gasteiger partial charge on any atom is -0.490 e. The van der Waals surface area contributed by atoms with Crippen molar-refractivity contribution in [2.24, 2.45) is 5.73 Å². The first-order valence-corrected chi connectivity index (χ1v) is 9.58. The van der Waals surface area contributed by atoms with E-state index in [0.717, 1.165) is 29.7 Å². The van der Waals surface area contributed by atoms with Gasteiger partial charge < -0.3 is 19.9 Å². The number of aryl methyl sites for hydroxylation is 1. The highest BCUT2D eigenvalue weighted by molar-refractivity contribution is 5.57. The van der Waals surface area contributed by atoms with Crippen LogP contribution in [-0.4, -0.2) is 22.9 Å². The predicted molar refractivity (Wildman–Crippen MR) is 105 cm³/mol. The molecule has 0 radical (unpaired) electrons. The van der Waals surface area contributed by atoms with E-state index >= 15 is 0 Å². The number of allylic oxidation sites excluding steroid dienone is 1. The van der Waals surface area contributed by atoms with Crippen LogP contribution in [0.3, 0.4) is 0 Å². The quantitative estimate of drug-likeness (QED) is 0.755. The summed E-state index contributed by atoms with van der Waals surface area (Å²) >= 11 is 0. The van der Waals surface area contributed by atoms with Crippen molar-refractivity contribution >= 4 is 0 Å². The average molecular weight is 382 g/mol. The van der Waals surface area contributed by atoms with Gasteiger partial charge in [-0.1, -0.05) is 19.4 Å². The van der Waals surface area contributed by atoms with Gasteiger partial charge >= 0.3 is 0 Å². The molecule has 7 heteroatoms. The van der Waals surface area contributed by atoms with E-state index in [1.54, 1.807) is 0 Å². The maximum Gasteiger partial charge on any atom is 0.244 e. The van der Waals surface area contributed by atoms with Gasteiger partial charge in [0, 0.05) is 11.3 Å². The first kappa shape index (κ1) is 19.6. The third kappa shape index (κ3) is 3.63. The van der Waals surface area contributed by atoms with Crippen molar-refractivity contribution < 1.29 is 14.2 Å². The van der Waals surface area contributed by atoms with Gasteiger partial charge in [-0.2, -0.15) is 5.26 Å². The van der Waals surface area contributed by atoms with Crippen LogP contribution in [-0.2, 0) is 6.42 Å². The van der Waals surface area contributed by atoms with Crippen molar-refractivity contribution in [1.82, 2.24) is 10.2 Å². The molecule has 0 fully saturated rings. The Kier molecular flexibility index (Phi) is 5.78. The fraction of sp³-hybridized carbons (Fsp3) is 0.429. The predicted octanol–water partition coefficient (Wildman–Crippen LogP) is 3.77. The molecule has 1 aliphatic heterocycles. The molecule has 1 atom stereocenters. The minimum absolute atomic E-state index is 0.0231. The lowest BCUT2D eigenvalue weighted by Gasteiger charge is -2.25. The first-order chi connectivity index (χ1) is 13.5. The summed E-state index contributed by atoms with van der Waals surface area (Å²) in [6.45, 7) is 8.45. The number of nitrogens with one attached hydrogen (secondary N) is 1. The summed E-state index contributed by atoms with van der Waals surface area (Å²) in [6.07, 6.45) is 1.76. The highest BCUT2D eigenvalue weighted by Crippen LogP contribution is 2.45. The molecule has 0 saturated heterocycles. The van der Waals surface area contributed by atoms with Gasteiger partial charge in [0.2, 0.25) is 11.8 Å². The fourth-order valence-corrected chi connectivity index (χ4v) is 3.41. The number of ether oxygens (including phenoxy) is 3. The molecule has 2 heterocycles. The number of nitrogens with two attached hydrogens (primary N) is 1. The van der Waals surface area contributed by atoms with Crippen molar-refractivity contribution in [3.05, 3.63) is 46.5 Å². The number of benzene rings is 1. The zero-order chi connectivity index (χ0) is 20.3. The van der Waals surface area contributed by atoms with E-state index in [0.29, 0.717) is 29.6 Å². The number of rotatable bonds is 7. The molecule has 0 saturated carbocycles. The molecule has 0 spiro atoms. The molecule has 1 aromatic carbocycles. The van der Waals surface area contributed by atoms with E-state index in [9.17, 15) is 5.26 Å². The minimum atomic E-state index is -0.374. The Morgan fingerprint density at radius 1 is 1.32 bits per heavy atom. The summed E-state index contributed by atoms with van der Waals surface area (Å²) in [6, 6.07) is 7.94. The zero-order valence-corrected chi connectivity index (χ0v) is 16.7. The molecule has 0 bridgehead atoms. The number of H-pyrrole nitrogens is 1. The third-order valence-corrected chi connectivity index (χ3v) is 4.48. The van der Waals surface area contributed by atoms with Gasteiger partial charge in [0.05, 0.1) is 18.6 Å². The lowest BCUT2D eigenvalue weighted by atomic mass is 9.83. The molecule has 3 rings (SSSR count). The van der Waals surface area contributed by atoms with E-state index in [2.05, 4.69) is 23.2 Å². The van der Waals surface area contributed by atoms with E-state index in [4.69, 9.17) is 19.9 Å². The van der Waals surface area contributed by atoms with E-state index in [-0.39, 0.29) is 17.9 Å². The van der Waals surface area contributed by atoms with Crippen molar-refractivity contribution in [1.29, 1.82) is 5.26 Å². The standard InChI is InChI=1S/C21H26N4O3/c1-5-7-15-19-18(14(11-22)20(23)28-21(19)25-24-15)13-8-9-16(27-12(3)4)17(10-13)26-6-2/h8-10,12,18H,5-7,23H2,1-4H3,(H,24,25)/t18-/m0/s1. The van der Waals surface area contributed by atoms with Crippen LogP contribution in [0.4, 0.5) is 0 Å². The average Bonchev–Trinajstić information content (AvgIpc) is 3.04. The van der Waals surface area contributed by atoms with Gasteiger partial charge in [0.1, 0.15) is 11.6 Å². The van der Waals surface area contributed by atoms with Crippen LogP contribution in [0, 0.1) is 11.3 Å². The zero-order valence-electron chi connectivity index (χ0n) is 16.7. The number of fused-ring (bicyclic) bond motifs is 1. The molecule has 7 nitrogen and oxygen atoms in total. The fourth-order valence-electron chi connectivity index (χ4n) is 3.41. The van der Waals surface area contributed by atoms with Crippen LogP contribution in [0.5, 0.6) is 17.4 Å². The lowest BCUT2D eigenvalue weighted by molar-refractivity contribution is 0.223. The van der Waals surface area contributed by atoms with Gasteiger partial charge in [-0.05, 0) is 44.9 Å². The first-order valence-electron chi connectivity index (χ1n) is 9.58. The second-order valence-electron chi connectivity index (χ2n) is 6.90. The van der Waals surface area contributed by atoms with Gasteiger partial charge in [-0.25, -0.2) is 0 Å². The van der Waals surface area contributed by atoms with Crippen LogP contribution in [0.1, 0.15) is 56.9 Å². The summed E-state index contributed by atoms with van der Waals surface area (Å²) in [5.41, 5.74) is 9.08. The van der Waals surface area contributed by atoms with Crippen molar-refractivity contribution in [2.45, 2.75) is 52.6 Å². The Morgan fingerprint density at radius 3 is 2.75 bits per heavy atom. The van der Waals surface area contributed by atoms with Gasteiger partial charge in [-0.15, -0.1) is 5.10 Å². The number of hydrogen-bond acceptors (Lipinski definition) is 6. The van der Waals surface area contributed by atoms with E-state index < -0.39 is 0 Å². The lowest BCUT2D eigenvalue weighted by Crippen LogP contribution is -2.21. The summed E-state index contributed by atoms with van der Waals surface area (Å²) in [7, 11) is 0. The molecule has 1 aromatic heterocycles. The number of hydrogen-bond donors (Lipinski definition) is 2. The number of aromatic amines is 1. The molecular formula is C21H26N4O3. The normalized spacial score (nSPS) is 15.8. The SMILES string of the molecule is CCCc1[nH]nc2c1[C@@H](c1ccc(OC(C)C)c(OCC)c1)C(C#N)=C(N)O2.